The van der Waals surface area contributed by atoms with Crippen LogP contribution in [-0.4, -0.2) is 22.5 Å². The summed E-state index contributed by atoms with van der Waals surface area (Å²) >= 11 is 0. The third kappa shape index (κ3) is 2.96. The van der Waals surface area contributed by atoms with Crippen molar-refractivity contribution < 1.29 is 23.1 Å². The van der Waals surface area contributed by atoms with Gasteiger partial charge in [0.2, 0.25) is 0 Å². The van der Waals surface area contributed by atoms with Gasteiger partial charge in [-0.3, -0.25) is 4.79 Å². The fourth-order valence-electron chi connectivity index (χ4n) is 3.11. The fraction of sp³-hybridized carbons (Fsp3) is 0.278. The summed E-state index contributed by atoms with van der Waals surface area (Å²) in [5.41, 5.74) is 1.22. The summed E-state index contributed by atoms with van der Waals surface area (Å²) in [7, 11) is 0. The SMILES string of the molecule is CC1c2cc(O)ccc2CCN1C(=O)c1cc(F)cc(C(F)F)c1. The van der Waals surface area contributed by atoms with Crippen molar-refractivity contribution in [2.24, 2.45) is 0 Å². The number of phenols is 1. The lowest BCUT2D eigenvalue weighted by Gasteiger charge is -2.35. The second kappa shape index (κ2) is 6.19. The highest BCUT2D eigenvalue weighted by Gasteiger charge is 2.29. The van der Waals surface area contributed by atoms with Crippen LogP contribution in [0.5, 0.6) is 5.75 Å². The third-order valence-electron chi connectivity index (χ3n) is 4.35. The van der Waals surface area contributed by atoms with E-state index in [2.05, 4.69) is 0 Å². The van der Waals surface area contributed by atoms with E-state index in [9.17, 15) is 23.1 Å². The van der Waals surface area contributed by atoms with Crippen molar-refractivity contribution in [2.45, 2.75) is 25.8 Å². The molecule has 24 heavy (non-hydrogen) atoms. The quantitative estimate of drug-likeness (QED) is 0.892. The summed E-state index contributed by atoms with van der Waals surface area (Å²) in [4.78, 5) is 14.2. The maximum atomic E-state index is 13.6. The van der Waals surface area contributed by atoms with E-state index in [1.165, 1.54) is 4.90 Å². The van der Waals surface area contributed by atoms with Crippen LogP contribution in [0.15, 0.2) is 36.4 Å². The number of halogens is 3. The summed E-state index contributed by atoms with van der Waals surface area (Å²) in [6, 6.07) is 7.38. The van der Waals surface area contributed by atoms with Crippen LogP contribution in [-0.2, 0) is 6.42 Å². The Balaban J connectivity index is 1.94. The Morgan fingerprint density at radius 2 is 2.00 bits per heavy atom. The number of hydrogen-bond acceptors (Lipinski definition) is 2. The molecule has 126 valence electrons. The van der Waals surface area contributed by atoms with Crippen LogP contribution in [0, 0.1) is 5.82 Å². The van der Waals surface area contributed by atoms with Gasteiger partial charge in [0.25, 0.3) is 12.3 Å². The number of alkyl halides is 2. The van der Waals surface area contributed by atoms with Crippen molar-refractivity contribution in [2.75, 3.05) is 6.54 Å². The van der Waals surface area contributed by atoms with Gasteiger partial charge in [-0.05, 0) is 54.8 Å². The Kier molecular flexibility index (Phi) is 4.22. The van der Waals surface area contributed by atoms with Gasteiger partial charge in [0.15, 0.2) is 0 Å². The summed E-state index contributed by atoms with van der Waals surface area (Å²) in [6.45, 7) is 2.20. The Morgan fingerprint density at radius 1 is 1.25 bits per heavy atom. The lowest BCUT2D eigenvalue weighted by Crippen LogP contribution is -2.38. The average Bonchev–Trinajstić information content (AvgIpc) is 2.54. The molecule has 0 fully saturated rings. The molecule has 0 radical (unpaired) electrons. The first-order valence-corrected chi connectivity index (χ1v) is 7.58. The van der Waals surface area contributed by atoms with Gasteiger partial charge >= 0.3 is 0 Å². The highest BCUT2D eigenvalue weighted by Crippen LogP contribution is 2.33. The maximum Gasteiger partial charge on any atom is 0.263 e. The van der Waals surface area contributed by atoms with E-state index < -0.39 is 23.7 Å². The smallest absolute Gasteiger partial charge is 0.263 e. The Morgan fingerprint density at radius 3 is 2.71 bits per heavy atom. The van der Waals surface area contributed by atoms with Crippen molar-refractivity contribution >= 4 is 5.91 Å². The molecule has 1 aliphatic heterocycles. The number of phenolic OH excluding ortho intramolecular Hbond substituents is 1. The number of nitrogens with zero attached hydrogens (tertiary/aromatic N) is 1. The number of rotatable bonds is 2. The number of aromatic hydroxyl groups is 1. The molecule has 6 heteroatoms. The van der Waals surface area contributed by atoms with Gasteiger partial charge in [0.05, 0.1) is 6.04 Å². The van der Waals surface area contributed by atoms with Gasteiger partial charge in [-0.1, -0.05) is 6.07 Å². The maximum absolute atomic E-state index is 13.6. The van der Waals surface area contributed by atoms with E-state index in [4.69, 9.17) is 0 Å². The van der Waals surface area contributed by atoms with Crippen LogP contribution in [0.1, 0.15) is 46.4 Å². The second-order valence-corrected chi connectivity index (χ2v) is 5.88. The van der Waals surface area contributed by atoms with Gasteiger partial charge < -0.3 is 10.0 Å². The van der Waals surface area contributed by atoms with Crippen LogP contribution in [0.2, 0.25) is 0 Å². The lowest BCUT2D eigenvalue weighted by atomic mass is 9.92. The van der Waals surface area contributed by atoms with Crippen LogP contribution < -0.4 is 0 Å². The molecule has 1 N–H and O–H groups in total. The Labute approximate surface area is 137 Å². The molecule has 2 aromatic carbocycles. The lowest BCUT2D eigenvalue weighted by molar-refractivity contribution is 0.0676. The number of carbonyl (C=O) groups is 1. The van der Waals surface area contributed by atoms with Gasteiger partial charge in [-0.15, -0.1) is 0 Å². The molecule has 0 aromatic heterocycles. The monoisotopic (exact) mass is 335 g/mol. The summed E-state index contributed by atoms with van der Waals surface area (Å²) < 4.78 is 39.2. The molecular formula is C18H16F3NO2. The normalized spacial score (nSPS) is 17.0. The van der Waals surface area contributed by atoms with Crippen molar-refractivity contribution in [3.8, 4) is 5.75 Å². The van der Waals surface area contributed by atoms with Crippen LogP contribution in [0.25, 0.3) is 0 Å². The second-order valence-electron chi connectivity index (χ2n) is 5.88. The molecule has 3 nitrogen and oxygen atoms in total. The largest absolute Gasteiger partial charge is 0.508 e. The first kappa shape index (κ1) is 16.4. The highest BCUT2D eigenvalue weighted by atomic mass is 19.3. The standard InChI is InChI=1S/C18H16F3NO2/c1-10-16-9-15(23)3-2-11(16)4-5-22(10)18(24)13-6-12(17(20)21)7-14(19)8-13/h2-3,6-10,17,23H,4-5H2,1H3. The number of amides is 1. The van der Waals surface area contributed by atoms with E-state index in [-0.39, 0.29) is 17.4 Å². The van der Waals surface area contributed by atoms with Crippen LogP contribution in [0.4, 0.5) is 13.2 Å². The molecule has 1 atom stereocenters. The number of fused-ring (bicyclic) bond motifs is 1. The first-order chi connectivity index (χ1) is 11.4. The van der Waals surface area contributed by atoms with E-state index in [0.29, 0.717) is 13.0 Å². The molecule has 0 spiro atoms. The van der Waals surface area contributed by atoms with E-state index in [1.54, 1.807) is 25.1 Å². The predicted octanol–water partition coefficient (Wildman–Crippen LogP) is 4.23. The predicted molar refractivity (Wildman–Crippen MR) is 82.6 cm³/mol. The summed E-state index contributed by atoms with van der Waals surface area (Å²) in [5.74, 6) is -1.27. The topological polar surface area (TPSA) is 40.5 Å². The van der Waals surface area contributed by atoms with Crippen molar-refractivity contribution in [3.05, 3.63) is 64.5 Å². The van der Waals surface area contributed by atoms with Crippen molar-refractivity contribution in [1.82, 2.24) is 4.90 Å². The molecule has 1 amide bonds. The molecule has 1 aliphatic rings. The van der Waals surface area contributed by atoms with Crippen molar-refractivity contribution in [1.29, 1.82) is 0 Å². The first-order valence-electron chi connectivity index (χ1n) is 7.58. The molecule has 3 rings (SSSR count). The minimum absolute atomic E-state index is 0.0965. The van der Waals surface area contributed by atoms with Gasteiger partial charge in [-0.2, -0.15) is 0 Å². The number of carbonyl (C=O) groups excluding carboxylic acids is 1. The Hall–Kier alpha value is -2.50. The summed E-state index contributed by atoms with van der Waals surface area (Å²) in [6.07, 6.45) is -2.26. The molecule has 0 bridgehead atoms. The molecule has 1 heterocycles. The minimum Gasteiger partial charge on any atom is -0.508 e. The van der Waals surface area contributed by atoms with E-state index in [0.717, 1.165) is 29.3 Å². The molecule has 0 saturated heterocycles. The van der Waals surface area contributed by atoms with Crippen LogP contribution in [0.3, 0.4) is 0 Å². The fourth-order valence-corrected chi connectivity index (χ4v) is 3.11. The highest BCUT2D eigenvalue weighted by molar-refractivity contribution is 5.95. The zero-order valence-electron chi connectivity index (χ0n) is 13.0. The van der Waals surface area contributed by atoms with Gasteiger partial charge in [0.1, 0.15) is 11.6 Å². The minimum atomic E-state index is -2.84. The molecule has 1 unspecified atom stereocenters. The number of benzene rings is 2. The molecule has 2 aromatic rings. The van der Waals surface area contributed by atoms with E-state index in [1.807, 2.05) is 0 Å². The van der Waals surface area contributed by atoms with Crippen LogP contribution >= 0.6 is 0 Å². The average molecular weight is 335 g/mol. The zero-order valence-corrected chi connectivity index (χ0v) is 13.0. The zero-order chi connectivity index (χ0) is 17.4. The van der Waals surface area contributed by atoms with Gasteiger partial charge in [-0.25, -0.2) is 13.2 Å². The number of hydrogen-bond donors (Lipinski definition) is 1. The summed E-state index contributed by atoms with van der Waals surface area (Å²) in [5, 5.41) is 9.65. The van der Waals surface area contributed by atoms with Gasteiger partial charge in [0, 0.05) is 17.7 Å². The van der Waals surface area contributed by atoms with E-state index >= 15 is 0 Å². The molecular weight excluding hydrogens is 319 g/mol. The van der Waals surface area contributed by atoms with Crippen molar-refractivity contribution in [3.63, 3.8) is 0 Å². The molecule has 0 saturated carbocycles. The Bertz CT molecular complexity index is 792. The molecule has 0 aliphatic carbocycles. The third-order valence-corrected chi connectivity index (χ3v) is 4.35.